The fourth-order valence-electron chi connectivity index (χ4n) is 1.49. The van der Waals surface area contributed by atoms with Crippen LogP contribution in [0.2, 0.25) is 0 Å². The van der Waals surface area contributed by atoms with Gasteiger partial charge < -0.3 is 5.73 Å². The van der Waals surface area contributed by atoms with Gasteiger partial charge in [-0.25, -0.2) is 0 Å². The topological polar surface area (TPSA) is 43.1 Å². The second-order valence-corrected chi connectivity index (χ2v) is 6.37. The van der Waals surface area contributed by atoms with Crippen LogP contribution in [0.1, 0.15) is 25.0 Å². The smallest absolute Gasteiger partial charge is 0.325 e. The van der Waals surface area contributed by atoms with Crippen molar-refractivity contribution in [2.45, 2.75) is 31.3 Å². The first-order chi connectivity index (χ1) is 8.08. The number of hydrogen-bond acceptors (Lipinski definition) is 2. The highest BCUT2D eigenvalue weighted by Gasteiger charge is 2.30. The molecule has 18 heavy (non-hydrogen) atoms. The van der Waals surface area contributed by atoms with Gasteiger partial charge in [0.25, 0.3) is 0 Å². The lowest BCUT2D eigenvalue weighted by Gasteiger charge is -2.17. The molecule has 0 amide bonds. The second kappa shape index (κ2) is 5.40. The van der Waals surface area contributed by atoms with Gasteiger partial charge in [-0.05, 0) is 25.5 Å². The molecule has 2 N–H and O–H groups in total. The molecule has 2 nitrogen and oxygen atoms in total. The summed E-state index contributed by atoms with van der Waals surface area (Å²) in [5.74, 6) is 0.341. The molecular formula is C12H16F3NOS. The molecular weight excluding hydrogens is 263 g/mol. The minimum Gasteiger partial charge on any atom is -0.325 e. The highest BCUT2D eigenvalue weighted by molar-refractivity contribution is 7.84. The van der Waals surface area contributed by atoms with Gasteiger partial charge in [0, 0.05) is 27.8 Å². The molecule has 0 aliphatic carbocycles. The van der Waals surface area contributed by atoms with Crippen LogP contribution < -0.4 is 5.73 Å². The Balaban J connectivity index is 2.77. The third kappa shape index (κ3) is 5.18. The van der Waals surface area contributed by atoms with E-state index in [1.165, 1.54) is 12.1 Å². The van der Waals surface area contributed by atoms with Gasteiger partial charge in [-0.2, -0.15) is 13.2 Å². The van der Waals surface area contributed by atoms with Crippen molar-refractivity contribution in [2.24, 2.45) is 5.73 Å². The van der Waals surface area contributed by atoms with Crippen LogP contribution in [0.25, 0.3) is 0 Å². The van der Waals surface area contributed by atoms with Crippen LogP contribution in [-0.4, -0.2) is 15.5 Å². The fourth-order valence-corrected chi connectivity index (χ4v) is 2.97. The van der Waals surface area contributed by atoms with Crippen LogP contribution in [0.4, 0.5) is 13.2 Å². The van der Waals surface area contributed by atoms with E-state index >= 15 is 0 Å². The fraction of sp³-hybridized carbons (Fsp3) is 0.500. The Morgan fingerprint density at radius 1 is 1.28 bits per heavy atom. The second-order valence-electron chi connectivity index (χ2n) is 4.92. The summed E-state index contributed by atoms with van der Waals surface area (Å²) in [6.45, 7) is 3.47. The Labute approximate surface area is 107 Å². The van der Waals surface area contributed by atoms with Crippen molar-refractivity contribution in [3.63, 3.8) is 0 Å². The van der Waals surface area contributed by atoms with Gasteiger partial charge in [0.15, 0.2) is 0 Å². The molecule has 0 radical (unpaired) electrons. The van der Waals surface area contributed by atoms with Gasteiger partial charge in [-0.15, -0.1) is 0 Å². The van der Waals surface area contributed by atoms with Gasteiger partial charge in [-0.3, -0.25) is 4.21 Å². The molecule has 6 heteroatoms. The van der Waals surface area contributed by atoms with Crippen molar-refractivity contribution in [3.8, 4) is 0 Å². The first-order valence-electron chi connectivity index (χ1n) is 5.38. The Morgan fingerprint density at radius 2 is 1.89 bits per heavy atom. The zero-order valence-corrected chi connectivity index (χ0v) is 11.1. The summed E-state index contributed by atoms with van der Waals surface area (Å²) >= 11 is 0. The lowest BCUT2D eigenvalue weighted by Crippen LogP contribution is -2.38. The SMILES string of the molecule is CC(C)(N)CS(=O)Cc1cccc(C(F)(F)F)c1. The van der Waals surface area contributed by atoms with Crippen LogP contribution in [0.3, 0.4) is 0 Å². The third-order valence-corrected chi connectivity index (χ3v) is 3.84. The average molecular weight is 279 g/mol. The molecule has 0 saturated carbocycles. The molecule has 1 aromatic carbocycles. The first-order valence-corrected chi connectivity index (χ1v) is 6.87. The van der Waals surface area contributed by atoms with E-state index in [1.54, 1.807) is 13.8 Å². The van der Waals surface area contributed by atoms with Crippen molar-refractivity contribution in [2.75, 3.05) is 5.75 Å². The number of benzene rings is 1. The van der Waals surface area contributed by atoms with E-state index < -0.39 is 28.1 Å². The van der Waals surface area contributed by atoms with Gasteiger partial charge >= 0.3 is 6.18 Å². The quantitative estimate of drug-likeness (QED) is 0.921. The Hall–Kier alpha value is -0.880. The highest BCUT2D eigenvalue weighted by atomic mass is 32.2. The van der Waals surface area contributed by atoms with Gasteiger partial charge in [-0.1, -0.05) is 18.2 Å². The molecule has 0 saturated heterocycles. The molecule has 1 atom stereocenters. The van der Waals surface area contributed by atoms with E-state index in [-0.39, 0.29) is 11.5 Å². The van der Waals surface area contributed by atoms with Crippen LogP contribution in [-0.2, 0) is 22.7 Å². The molecule has 1 aromatic rings. The largest absolute Gasteiger partial charge is 0.416 e. The molecule has 0 heterocycles. The van der Waals surface area contributed by atoms with Crippen LogP contribution in [0, 0.1) is 0 Å². The molecule has 0 fully saturated rings. The van der Waals surface area contributed by atoms with Crippen molar-refractivity contribution in [3.05, 3.63) is 35.4 Å². The van der Waals surface area contributed by atoms with E-state index in [9.17, 15) is 17.4 Å². The van der Waals surface area contributed by atoms with E-state index in [0.717, 1.165) is 12.1 Å². The van der Waals surface area contributed by atoms with E-state index in [4.69, 9.17) is 5.73 Å². The minimum atomic E-state index is -4.37. The summed E-state index contributed by atoms with van der Waals surface area (Å²) in [4.78, 5) is 0. The monoisotopic (exact) mass is 279 g/mol. The van der Waals surface area contributed by atoms with Gasteiger partial charge in [0.1, 0.15) is 0 Å². The number of halogens is 3. The molecule has 102 valence electrons. The summed E-state index contributed by atoms with van der Waals surface area (Å²) < 4.78 is 49.2. The summed E-state index contributed by atoms with van der Waals surface area (Å²) in [5.41, 5.74) is 4.82. The average Bonchev–Trinajstić information content (AvgIpc) is 2.13. The summed E-state index contributed by atoms with van der Waals surface area (Å²) in [7, 11) is -1.27. The van der Waals surface area contributed by atoms with Gasteiger partial charge in [0.05, 0.1) is 5.56 Å². The maximum Gasteiger partial charge on any atom is 0.416 e. The maximum atomic E-state index is 12.5. The van der Waals surface area contributed by atoms with E-state index in [2.05, 4.69) is 0 Å². The lowest BCUT2D eigenvalue weighted by molar-refractivity contribution is -0.137. The summed E-state index contributed by atoms with van der Waals surface area (Å²) in [6, 6.07) is 4.89. The predicted molar refractivity (Wildman–Crippen MR) is 66.4 cm³/mol. The lowest BCUT2D eigenvalue weighted by atomic mass is 10.1. The maximum absolute atomic E-state index is 12.5. The minimum absolute atomic E-state index is 0.0878. The molecule has 0 aliphatic rings. The van der Waals surface area contributed by atoms with Crippen molar-refractivity contribution in [1.82, 2.24) is 0 Å². The van der Waals surface area contributed by atoms with Crippen molar-refractivity contribution >= 4 is 10.8 Å². The number of rotatable bonds is 4. The standard InChI is InChI=1S/C12H16F3NOS/c1-11(2,16)8-18(17)7-9-4-3-5-10(6-9)12(13,14)15/h3-6H,7-8,16H2,1-2H3. The summed E-state index contributed by atoms with van der Waals surface area (Å²) in [5, 5.41) is 0. The molecule has 0 aromatic heterocycles. The van der Waals surface area contributed by atoms with Crippen LogP contribution >= 0.6 is 0 Å². The third-order valence-electron chi connectivity index (χ3n) is 2.11. The Bertz CT molecular complexity index is 438. The van der Waals surface area contributed by atoms with E-state index in [1.807, 2.05) is 0 Å². The molecule has 0 spiro atoms. The highest BCUT2D eigenvalue weighted by Crippen LogP contribution is 2.29. The number of hydrogen-bond donors (Lipinski definition) is 1. The first kappa shape index (κ1) is 15.2. The van der Waals surface area contributed by atoms with Crippen molar-refractivity contribution in [1.29, 1.82) is 0 Å². The van der Waals surface area contributed by atoms with Gasteiger partial charge in [0.2, 0.25) is 0 Å². The summed E-state index contributed by atoms with van der Waals surface area (Å²) in [6.07, 6.45) is -4.37. The van der Waals surface area contributed by atoms with Crippen LogP contribution in [0.5, 0.6) is 0 Å². The van der Waals surface area contributed by atoms with Crippen LogP contribution in [0.15, 0.2) is 24.3 Å². The Kier molecular flexibility index (Phi) is 4.55. The normalized spacial score (nSPS) is 14.6. The number of nitrogens with two attached hydrogens (primary N) is 1. The molecule has 1 rings (SSSR count). The Morgan fingerprint density at radius 3 is 2.39 bits per heavy atom. The predicted octanol–water partition coefficient (Wildman–Crippen LogP) is 2.69. The molecule has 0 aliphatic heterocycles. The van der Waals surface area contributed by atoms with Crippen molar-refractivity contribution < 1.29 is 17.4 Å². The number of alkyl halides is 3. The molecule has 1 unspecified atom stereocenters. The molecule has 0 bridgehead atoms. The zero-order valence-electron chi connectivity index (χ0n) is 10.3. The zero-order chi connectivity index (χ0) is 14.0. The van der Waals surface area contributed by atoms with E-state index in [0.29, 0.717) is 5.56 Å².